The second-order valence-corrected chi connectivity index (χ2v) is 3.94. The lowest BCUT2D eigenvalue weighted by Gasteiger charge is -2.08. The SMILES string of the molecule is CCCOCC(=O)Nc1ccc(C(=O)O)c(C)c1. The van der Waals surface area contributed by atoms with Gasteiger partial charge < -0.3 is 15.2 Å². The molecule has 2 N–H and O–H groups in total. The molecule has 1 aromatic rings. The van der Waals surface area contributed by atoms with Gasteiger partial charge in [-0.3, -0.25) is 4.79 Å². The van der Waals surface area contributed by atoms with Gasteiger partial charge in [0.25, 0.3) is 0 Å². The average molecular weight is 251 g/mol. The van der Waals surface area contributed by atoms with E-state index in [4.69, 9.17) is 9.84 Å². The van der Waals surface area contributed by atoms with Gasteiger partial charge in [0.2, 0.25) is 5.91 Å². The van der Waals surface area contributed by atoms with E-state index < -0.39 is 5.97 Å². The third kappa shape index (κ3) is 4.18. The van der Waals surface area contributed by atoms with Gasteiger partial charge in [-0.25, -0.2) is 4.79 Å². The van der Waals surface area contributed by atoms with Crippen LogP contribution < -0.4 is 5.32 Å². The molecule has 0 aromatic heterocycles. The highest BCUT2D eigenvalue weighted by molar-refractivity contribution is 5.94. The standard InChI is InChI=1S/C13H17NO4/c1-3-6-18-8-12(15)14-10-4-5-11(13(16)17)9(2)7-10/h4-5,7H,3,6,8H2,1-2H3,(H,14,15)(H,16,17). The summed E-state index contributed by atoms with van der Waals surface area (Å²) in [5.41, 5.74) is 1.41. The highest BCUT2D eigenvalue weighted by Gasteiger charge is 2.08. The fourth-order valence-corrected chi connectivity index (χ4v) is 1.49. The third-order valence-electron chi connectivity index (χ3n) is 2.32. The minimum atomic E-state index is -0.975. The van der Waals surface area contributed by atoms with E-state index in [9.17, 15) is 9.59 Å². The van der Waals surface area contributed by atoms with E-state index in [1.807, 2.05) is 6.92 Å². The van der Waals surface area contributed by atoms with Crippen molar-refractivity contribution in [3.8, 4) is 0 Å². The Kier molecular flexibility index (Phi) is 5.32. The Balaban J connectivity index is 2.60. The summed E-state index contributed by atoms with van der Waals surface area (Å²) in [7, 11) is 0. The van der Waals surface area contributed by atoms with Gasteiger partial charge in [0.15, 0.2) is 0 Å². The molecule has 5 nitrogen and oxygen atoms in total. The van der Waals surface area contributed by atoms with Gasteiger partial charge >= 0.3 is 5.97 Å². The Hall–Kier alpha value is -1.88. The number of carbonyl (C=O) groups excluding carboxylic acids is 1. The number of anilines is 1. The number of aromatic carboxylic acids is 1. The van der Waals surface area contributed by atoms with Crippen LogP contribution in [-0.4, -0.2) is 30.2 Å². The second-order valence-electron chi connectivity index (χ2n) is 3.94. The Bertz CT molecular complexity index is 443. The predicted molar refractivity (Wildman–Crippen MR) is 67.9 cm³/mol. The predicted octanol–water partition coefficient (Wildman–Crippen LogP) is 2.06. The van der Waals surface area contributed by atoms with Crippen LogP contribution >= 0.6 is 0 Å². The molecule has 1 rings (SSSR count). The van der Waals surface area contributed by atoms with E-state index in [-0.39, 0.29) is 18.1 Å². The molecule has 0 aliphatic heterocycles. The number of aryl methyl sites for hydroxylation is 1. The number of ether oxygens (including phenoxy) is 1. The smallest absolute Gasteiger partial charge is 0.335 e. The fraction of sp³-hybridized carbons (Fsp3) is 0.385. The van der Waals surface area contributed by atoms with Crippen LogP contribution in [0.3, 0.4) is 0 Å². The van der Waals surface area contributed by atoms with Crippen LogP contribution in [-0.2, 0) is 9.53 Å². The summed E-state index contributed by atoms with van der Waals surface area (Å²) < 4.78 is 5.10. The number of carbonyl (C=O) groups is 2. The zero-order chi connectivity index (χ0) is 13.5. The van der Waals surface area contributed by atoms with Crippen molar-refractivity contribution in [2.45, 2.75) is 20.3 Å². The maximum atomic E-state index is 11.5. The monoisotopic (exact) mass is 251 g/mol. The van der Waals surface area contributed by atoms with E-state index in [0.29, 0.717) is 17.9 Å². The van der Waals surface area contributed by atoms with Crippen molar-refractivity contribution in [3.05, 3.63) is 29.3 Å². The highest BCUT2D eigenvalue weighted by atomic mass is 16.5. The quantitative estimate of drug-likeness (QED) is 0.759. The Morgan fingerprint density at radius 2 is 2.11 bits per heavy atom. The number of rotatable bonds is 6. The summed E-state index contributed by atoms with van der Waals surface area (Å²) in [6.45, 7) is 4.20. The first kappa shape index (κ1) is 14.2. The summed E-state index contributed by atoms with van der Waals surface area (Å²) in [4.78, 5) is 22.3. The average Bonchev–Trinajstić information content (AvgIpc) is 2.28. The molecule has 0 bridgehead atoms. The van der Waals surface area contributed by atoms with Crippen LogP contribution in [0.2, 0.25) is 0 Å². The number of amides is 1. The molecule has 0 radical (unpaired) electrons. The first-order chi connectivity index (χ1) is 8.54. The minimum absolute atomic E-state index is 0.00751. The van der Waals surface area contributed by atoms with Crippen LogP contribution in [0.1, 0.15) is 29.3 Å². The number of benzene rings is 1. The van der Waals surface area contributed by atoms with Crippen molar-refractivity contribution in [2.75, 3.05) is 18.5 Å². The Morgan fingerprint density at radius 1 is 1.39 bits per heavy atom. The minimum Gasteiger partial charge on any atom is -0.478 e. The van der Waals surface area contributed by atoms with Crippen molar-refractivity contribution in [3.63, 3.8) is 0 Å². The van der Waals surface area contributed by atoms with Crippen molar-refractivity contribution >= 4 is 17.6 Å². The first-order valence-corrected chi connectivity index (χ1v) is 5.76. The molecule has 0 aliphatic rings. The maximum absolute atomic E-state index is 11.5. The Labute approximate surface area is 106 Å². The van der Waals surface area contributed by atoms with Gasteiger partial charge in [0, 0.05) is 12.3 Å². The van der Waals surface area contributed by atoms with Gasteiger partial charge in [-0.15, -0.1) is 0 Å². The third-order valence-corrected chi connectivity index (χ3v) is 2.32. The number of nitrogens with one attached hydrogen (secondary N) is 1. The lowest BCUT2D eigenvalue weighted by atomic mass is 10.1. The van der Waals surface area contributed by atoms with Crippen LogP contribution in [0.25, 0.3) is 0 Å². The zero-order valence-corrected chi connectivity index (χ0v) is 10.5. The molecule has 0 saturated heterocycles. The fourth-order valence-electron chi connectivity index (χ4n) is 1.49. The molecular weight excluding hydrogens is 234 g/mol. The largest absolute Gasteiger partial charge is 0.478 e. The lowest BCUT2D eigenvalue weighted by molar-refractivity contribution is -0.120. The highest BCUT2D eigenvalue weighted by Crippen LogP contribution is 2.15. The molecule has 0 unspecified atom stereocenters. The molecule has 1 amide bonds. The molecule has 0 fully saturated rings. The normalized spacial score (nSPS) is 10.1. The molecule has 0 heterocycles. The zero-order valence-electron chi connectivity index (χ0n) is 10.5. The molecule has 5 heteroatoms. The molecule has 98 valence electrons. The molecule has 0 aliphatic carbocycles. The van der Waals surface area contributed by atoms with Crippen LogP contribution in [0.5, 0.6) is 0 Å². The molecule has 0 saturated carbocycles. The summed E-state index contributed by atoms with van der Waals surface area (Å²) >= 11 is 0. The molecule has 1 aromatic carbocycles. The number of carboxylic acids is 1. The molecule has 0 spiro atoms. The molecular formula is C13H17NO4. The van der Waals surface area contributed by atoms with Crippen LogP contribution in [0.15, 0.2) is 18.2 Å². The molecule has 0 atom stereocenters. The van der Waals surface area contributed by atoms with Crippen molar-refractivity contribution in [1.82, 2.24) is 0 Å². The van der Waals surface area contributed by atoms with Crippen LogP contribution in [0.4, 0.5) is 5.69 Å². The van der Waals surface area contributed by atoms with Crippen molar-refractivity contribution < 1.29 is 19.4 Å². The summed E-state index contributed by atoms with van der Waals surface area (Å²) in [5, 5.41) is 11.5. The van der Waals surface area contributed by atoms with Gasteiger partial charge in [0.05, 0.1) is 5.56 Å². The number of hydrogen-bond donors (Lipinski definition) is 2. The van der Waals surface area contributed by atoms with Gasteiger partial charge in [0.1, 0.15) is 6.61 Å². The van der Waals surface area contributed by atoms with Crippen molar-refractivity contribution in [1.29, 1.82) is 0 Å². The van der Waals surface area contributed by atoms with E-state index in [2.05, 4.69) is 5.32 Å². The topological polar surface area (TPSA) is 75.6 Å². The van der Waals surface area contributed by atoms with E-state index in [0.717, 1.165) is 6.42 Å². The second kappa shape index (κ2) is 6.76. The van der Waals surface area contributed by atoms with Gasteiger partial charge in [-0.1, -0.05) is 6.92 Å². The number of carboxylic acid groups (broad SMARTS) is 1. The number of hydrogen-bond acceptors (Lipinski definition) is 3. The van der Waals surface area contributed by atoms with Gasteiger partial charge in [-0.2, -0.15) is 0 Å². The van der Waals surface area contributed by atoms with E-state index in [1.54, 1.807) is 19.1 Å². The van der Waals surface area contributed by atoms with Crippen LogP contribution in [0, 0.1) is 6.92 Å². The summed E-state index contributed by atoms with van der Waals surface area (Å²) in [6.07, 6.45) is 0.861. The summed E-state index contributed by atoms with van der Waals surface area (Å²) in [5.74, 6) is -1.22. The maximum Gasteiger partial charge on any atom is 0.335 e. The van der Waals surface area contributed by atoms with Gasteiger partial charge in [-0.05, 0) is 37.1 Å². The van der Waals surface area contributed by atoms with E-state index >= 15 is 0 Å². The Morgan fingerprint density at radius 3 is 2.67 bits per heavy atom. The lowest BCUT2D eigenvalue weighted by Crippen LogP contribution is -2.18. The van der Waals surface area contributed by atoms with E-state index in [1.165, 1.54) is 6.07 Å². The van der Waals surface area contributed by atoms with Crippen molar-refractivity contribution in [2.24, 2.45) is 0 Å². The molecule has 18 heavy (non-hydrogen) atoms. The first-order valence-electron chi connectivity index (χ1n) is 5.76. The summed E-state index contributed by atoms with van der Waals surface area (Å²) in [6, 6.07) is 4.66.